The summed E-state index contributed by atoms with van der Waals surface area (Å²) in [5, 5.41) is 0. The number of ether oxygens (including phenoxy) is 2. The lowest BCUT2D eigenvalue weighted by molar-refractivity contribution is -0.147. The lowest BCUT2D eigenvalue weighted by Crippen LogP contribution is -2.19. The molecule has 1 saturated heterocycles. The van der Waals surface area contributed by atoms with Gasteiger partial charge in [0.2, 0.25) is 0 Å². The molecule has 0 aromatic carbocycles. The SMILES string of the molecule is CCOC1OC(CC)CC1CC. The van der Waals surface area contributed by atoms with Crippen molar-refractivity contribution in [2.24, 2.45) is 5.92 Å². The summed E-state index contributed by atoms with van der Waals surface area (Å²) in [5.41, 5.74) is 0. The van der Waals surface area contributed by atoms with Crippen molar-refractivity contribution in [3.05, 3.63) is 0 Å². The van der Waals surface area contributed by atoms with Gasteiger partial charge in [-0.05, 0) is 26.2 Å². The summed E-state index contributed by atoms with van der Waals surface area (Å²) in [4.78, 5) is 0. The van der Waals surface area contributed by atoms with Gasteiger partial charge in [-0.1, -0.05) is 13.8 Å². The predicted octanol–water partition coefficient (Wildman–Crippen LogP) is 2.57. The molecule has 1 heterocycles. The second-order valence-corrected chi connectivity index (χ2v) is 3.39. The van der Waals surface area contributed by atoms with Crippen molar-refractivity contribution in [3.63, 3.8) is 0 Å². The van der Waals surface area contributed by atoms with Gasteiger partial charge in [-0.2, -0.15) is 0 Å². The fourth-order valence-electron chi connectivity index (χ4n) is 1.77. The smallest absolute Gasteiger partial charge is 0.160 e. The molecule has 0 amide bonds. The molecule has 1 aliphatic heterocycles. The zero-order valence-electron chi connectivity index (χ0n) is 8.38. The molecule has 0 radical (unpaired) electrons. The normalized spacial score (nSPS) is 35.8. The average Bonchev–Trinajstić information content (AvgIpc) is 2.48. The van der Waals surface area contributed by atoms with E-state index in [-0.39, 0.29) is 6.29 Å². The van der Waals surface area contributed by atoms with Gasteiger partial charge < -0.3 is 9.47 Å². The molecule has 0 bridgehead atoms. The Balaban J connectivity index is 2.39. The van der Waals surface area contributed by atoms with E-state index < -0.39 is 0 Å². The first kappa shape index (κ1) is 10.0. The molecule has 3 atom stereocenters. The molecular formula is C10H20O2. The molecule has 0 saturated carbocycles. The molecule has 1 aliphatic rings. The van der Waals surface area contributed by atoms with Gasteiger partial charge in [-0.15, -0.1) is 0 Å². The second-order valence-electron chi connectivity index (χ2n) is 3.39. The number of hydrogen-bond donors (Lipinski definition) is 0. The molecule has 0 aliphatic carbocycles. The van der Waals surface area contributed by atoms with Crippen LogP contribution < -0.4 is 0 Å². The minimum absolute atomic E-state index is 0.0740. The molecule has 3 unspecified atom stereocenters. The van der Waals surface area contributed by atoms with Gasteiger partial charge in [0.25, 0.3) is 0 Å². The molecule has 72 valence electrons. The molecule has 0 spiro atoms. The van der Waals surface area contributed by atoms with E-state index in [2.05, 4.69) is 13.8 Å². The van der Waals surface area contributed by atoms with E-state index in [1.54, 1.807) is 0 Å². The molecule has 2 heteroatoms. The molecule has 12 heavy (non-hydrogen) atoms. The van der Waals surface area contributed by atoms with Crippen LogP contribution in [0.1, 0.15) is 40.0 Å². The topological polar surface area (TPSA) is 18.5 Å². The van der Waals surface area contributed by atoms with E-state index in [1.807, 2.05) is 6.92 Å². The highest BCUT2D eigenvalue weighted by molar-refractivity contribution is 4.75. The first-order chi connectivity index (χ1) is 5.81. The standard InChI is InChI=1S/C10H20O2/c1-4-8-7-9(5-2)12-10(8)11-6-3/h8-10H,4-7H2,1-3H3. The predicted molar refractivity (Wildman–Crippen MR) is 49.0 cm³/mol. The van der Waals surface area contributed by atoms with Gasteiger partial charge in [0, 0.05) is 12.5 Å². The van der Waals surface area contributed by atoms with Crippen LogP contribution in [0, 0.1) is 5.92 Å². The molecule has 1 fully saturated rings. The average molecular weight is 172 g/mol. The third-order valence-corrected chi connectivity index (χ3v) is 2.59. The second kappa shape index (κ2) is 4.83. The lowest BCUT2D eigenvalue weighted by atomic mass is 10.0. The van der Waals surface area contributed by atoms with Crippen LogP contribution in [-0.4, -0.2) is 19.0 Å². The molecule has 2 nitrogen and oxygen atoms in total. The van der Waals surface area contributed by atoms with Crippen LogP contribution in [0.2, 0.25) is 0 Å². The van der Waals surface area contributed by atoms with Crippen LogP contribution in [0.15, 0.2) is 0 Å². The van der Waals surface area contributed by atoms with E-state index in [1.165, 1.54) is 12.8 Å². The van der Waals surface area contributed by atoms with Crippen molar-refractivity contribution in [1.29, 1.82) is 0 Å². The highest BCUT2D eigenvalue weighted by atomic mass is 16.7. The third-order valence-electron chi connectivity index (χ3n) is 2.59. The Labute approximate surface area is 75.2 Å². The van der Waals surface area contributed by atoms with Crippen molar-refractivity contribution >= 4 is 0 Å². The Bertz CT molecular complexity index is 125. The highest BCUT2D eigenvalue weighted by Crippen LogP contribution is 2.30. The zero-order chi connectivity index (χ0) is 8.97. The summed E-state index contributed by atoms with van der Waals surface area (Å²) in [6, 6.07) is 0. The third kappa shape index (κ3) is 2.20. The first-order valence-corrected chi connectivity index (χ1v) is 5.08. The quantitative estimate of drug-likeness (QED) is 0.649. The van der Waals surface area contributed by atoms with Gasteiger partial charge in [0.05, 0.1) is 6.10 Å². The van der Waals surface area contributed by atoms with Gasteiger partial charge in [-0.3, -0.25) is 0 Å². The minimum Gasteiger partial charge on any atom is -0.353 e. The largest absolute Gasteiger partial charge is 0.353 e. The van der Waals surface area contributed by atoms with Gasteiger partial charge in [0.1, 0.15) is 0 Å². The highest BCUT2D eigenvalue weighted by Gasteiger charge is 2.33. The summed E-state index contributed by atoms with van der Waals surface area (Å²) in [7, 11) is 0. The van der Waals surface area contributed by atoms with Gasteiger partial charge in [0.15, 0.2) is 6.29 Å². The molecule has 1 rings (SSSR count). The number of hydrogen-bond acceptors (Lipinski definition) is 2. The Morgan fingerprint density at radius 3 is 2.50 bits per heavy atom. The van der Waals surface area contributed by atoms with E-state index >= 15 is 0 Å². The van der Waals surface area contributed by atoms with Crippen LogP contribution in [0.25, 0.3) is 0 Å². The lowest BCUT2D eigenvalue weighted by Gasteiger charge is -2.16. The van der Waals surface area contributed by atoms with Gasteiger partial charge in [-0.25, -0.2) is 0 Å². The Morgan fingerprint density at radius 2 is 2.00 bits per heavy atom. The fourth-order valence-corrected chi connectivity index (χ4v) is 1.77. The van der Waals surface area contributed by atoms with Crippen molar-refractivity contribution in [2.45, 2.75) is 52.4 Å². The minimum atomic E-state index is 0.0740. The van der Waals surface area contributed by atoms with E-state index in [9.17, 15) is 0 Å². The van der Waals surface area contributed by atoms with Crippen LogP contribution in [-0.2, 0) is 9.47 Å². The molecule has 0 aromatic rings. The monoisotopic (exact) mass is 172 g/mol. The maximum Gasteiger partial charge on any atom is 0.160 e. The van der Waals surface area contributed by atoms with Crippen LogP contribution in [0.4, 0.5) is 0 Å². The van der Waals surface area contributed by atoms with E-state index in [0.29, 0.717) is 12.0 Å². The van der Waals surface area contributed by atoms with Crippen LogP contribution in [0.5, 0.6) is 0 Å². The van der Waals surface area contributed by atoms with Crippen LogP contribution in [0.3, 0.4) is 0 Å². The summed E-state index contributed by atoms with van der Waals surface area (Å²) in [6.45, 7) is 7.16. The van der Waals surface area contributed by atoms with Crippen molar-refractivity contribution < 1.29 is 9.47 Å². The fraction of sp³-hybridized carbons (Fsp3) is 1.00. The van der Waals surface area contributed by atoms with E-state index in [0.717, 1.165) is 13.0 Å². The molecule has 0 N–H and O–H groups in total. The van der Waals surface area contributed by atoms with Crippen molar-refractivity contribution in [2.75, 3.05) is 6.61 Å². The summed E-state index contributed by atoms with van der Waals surface area (Å²) in [6.07, 6.45) is 3.97. The van der Waals surface area contributed by atoms with Gasteiger partial charge >= 0.3 is 0 Å². The Kier molecular flexibility index (Phi) is 4.02. The first-order valence-electron chi connectivity index (χ1n) is 5.08. The summed E-state index contributed by atoms with van der Waals surface area (Å²) >= 11 is 0. The summed E-state index contributed by atoms with van der Waals surface area (Å²) in [5.74, 6) is 0.620. The maximum atomic E-state index is 5.73. The van der Waals surface area contributed by atoms with E-state index in [4.69, 9.17) is 9.47 Å². The van der Waals surface area contributed by atoms with Crippen molar-refractivity contribution in [1.82, 2.24) is 0 Å². The Hall–Kier alpha value is -0.0800. The molecule has 0 aromatic heterocycles. The van der Waals surface area contributed by atoms with Crippen molar-refractivity contribution in [3.8, 4) is 0 Å². The molecular weight excluding hydrogens is 152 g/mol. The summed E-state index contributed by atoms with van der Waals surface area (Å²) < 4.78 is 11.2. The Morgan fingerprint density at radius 1 is 1.25 bits per heavy atom. The number of rotatable bonds is 4. The van der Waals surface area contributed by atoms with Crippen LogP contribution >= 0.6 is 0 Å². The zero-order valence-corrected chi connectivity index (χ0v) is 8.38. The maximum absolute atomic E-state index is 5.73.